The van der Waals surface area contributed by atoms with Crippen molar-refractivity contribution in [2.75, 3.05) is 13.1 Å². The highest BCUT2D eigenvalue weighted by atomic mass is 32.2. The molecule has 4 nitrogen and oxygen atoms in total. The van der Waals surface area contributed by atoms with Crippen molar-refractivity contribution in [1.29, 1.82) is 0 Å². The monoisotopic (exact) mass is 298 g/mol. The number of hydrogen-bond donors (Lipinski definition) is 2. The molecule has 1 atom stereocenters. The Balaban J connectivity index is 2.68. The highest BCUT2D eigenvalue weighted by Crippen LogP contribution is 2.13. The molecule has 0 heterocycles. The van der Waals surface area contributed by atoms with E-state index in [1.54, 1.807) is 12.1 Å². The summed E-state index contributed by atoms with van der Waals surface area (Å²) in [5.41, 5.74) is 1.17. The zero-order valence-electron chi connectivity index (χ0n) is 12.8. The van der Waals surface area contributed by atoms with Crippen molar-refractivity contribution in [2.45, 2.75) is 45.1 Å². The lowest BCUT2D eigenvalue weighted by Gasteiger charge is -2.14. The SMILES string of the molecule is CCN[C@H](C)CNS(=O)(=O)c1ccc(CC(C)C)cc1. The van der Waals surface area contributed by atoms with Crippen LogP contribution in [0.4, 0.5) is 0 Å². The van der Waals surface area contributed by atoms with Crippen LogP contribution in [0.1, 0.15) is 33.3 Å². The van der Waals surface area contributed by atoms with Crippen molar-refractivity contribution < 1.29 is 8.42 Å². The molecule has 2 N–H and O–H groups in total. The minimum Gasteiger partial charge on any atom is -0.313 e. The smallest absolute Gasteiger partial charge is 0.240 e. The van der Waals surface area contributed by atoms with Crippen LogP contribution in [0, 0.1) is 5.92 Å². The molecule has 0 amide bonds. The maximum absolute atomic E-state index is 12.1. The molecule has 0 aromatic heterocycles. The summed E-state index contributed by atoms with van der Waals surface area (Å²) >= 11 is 0. The number of benzene rings is 1. The van der Waals surface area contributed by atoms with Gasteiger partial charge in [0.05, 0.1) is 4.90 Å². The summed E-state index contributed by atoms with van der Waals surface area (Å²) in [5, 5.41) is 3.17. The molecule has 5 heteroatoms. The average molecular weight is 298 g/mol. The maximum atomic E-state index is 12.1. The van der Waals surface area contributed by atoms with Crippen molar-refractivity contribution >= 4 is 10.0 Å². The number of rotatable bonds is 8. The molecule has 0 bridgehead atoms. The fraction of sp³-hybridized carbons (Fsp3) is 0.600. The molecule has 0 unspecified atom stereocenters. The molecule has 0 spiro atoms. The standard InChI is InChI=1S/C15H26N2O2S/c1-5-16-13(4)11-17-20(18,19)15-8-6-14(7-9-15)10-12(2)3/h6-9,12-13,16-17H,5,10-11H2,1-4H3/t13-/m1/s1. The van der Waals surface area contributed by atoms with Gasteiger partial charge < -0.3 is 5.32 Å². The summed E-state index contributed by atoms with van der Waals surface area (Å²) in [6, 6.07) is 7.26. The first-order valence-corrected chi connectivity index (χ1v) is 8.65. The number of hydrogen-bond acceptors (Lipinski definition) is 3. The van der Waals surface area contributed by atoms with E-state index in [9.17, 15) is 8.42 Å². The lowest BCUT2D eigenvalue weighted by atomic mass is 10.0. The first-order chi connectivity index (χ1) is 9.35. The lowest BCUT2D eigenvalue weighted by Crippen LogP contribution is -2.38. The number of sulfonamides is 1. The van der Waals surface area contributed by atoms with Crippen LogP contribution >= 0.6 is 0 Å². The van der Waals surface area contributed by atoms with Crippen LogP contribution in [0.15, 0.2) is 29.2 Å². The minimum atomic E-state index is -3.41. The van der Waals surface area contributed by atoms with Gasteiger partial charge in [-0.3, -0.25) is 0 Å². The van der Waals surface area contributed by atoms with Crippen LogP contribution in [0.5, 0.6) is 0 Å². The van der Waals surface area contributed by atoms with Crippen LogP contribution in [-0.2, 0) is 16.4 Å². The van der Waals surface area contributed by atoms with E-state index in [1.165, 1.54) is 5.56 Å². The summed E-state index contributed by atoms with van der Waals surface area (Å²) in [7, 11) is -3.41. The van der Waals surface area contributed by atoms with Crippen molar-refractivity contribution in [3.05, 3.63) is 29.8 Å². The zero-order chi connectivity index (χ0) is 15.2. The van der Waals surface area contributed by atoms with Gasteiger partial charge in [-0.15, -0.1) is 0 Å². The van der Waals surface area contributed by atoms with Gasteiger partial charge in [0.25, 0.3) is 0 Å². The number of likely N-dealkylation sites (N-methyl/N-ethyl adjacent to an activating group) is 1. The molecule has 0 saturated carbocycles. The van der Waals surface area contributed by atoms with Crippen molar-refractivity contribution in [1.82, 2.24) is 10.0 Å². The fourth-order valence-corrected chi connectivity index (χ4v) is 3.15. The van der Waals surface area contributed by atoms with Gasteiger partial charge in [0, 0.05) is 12.6 Å². The molecule has 1 rings (SSSR count). The summed E-state index contributed by atoms with van der Waals surface area (Å²) < 4.78 is 26.9. The van der Waals surface area contributed by atoms with Gasteiger partial charge in [-0.1, -0.05) is 32.9 Å². The maximum Gasteiger partial charge on any atom is 0.240 e. The largest absolute Gasteiger partial charge is 0.313 e. The molecular formula is C15H26N2O2S. The van der Waals surface area contributed by atoms with Gasteiger partial charge in [0.1, 0.15) is 0 Å². The Morgan fingerprint density at radius 3 is 2.20 bits per heavy atom. The van der Waals surface area contributed by atoms with E-state index >= 15 is 0 Å². The summed E-state index contributed by atoms with van der Waals surface area (Å²) in [4.78, 5) is 0.328. The second kappa shape index (κ2) is 7.76. The Morgan fingerprint density at radius 2 is 1.70 bits per heavy atom. The Morgan fingerprint density at radius 1 is 1.10 bits per heavy atom. The molecule has 0 fully saturated rings. The molecule has 114 valence electrons. The van der Waals surface area contributed by atoms with Crippen molar-refractivity contribution in [3.8, 4) is 0 Å². The van der Waals surface area contributed by atoms with E-state index in [2.05, 4.69) is 23.9 Å². The van der Waals surface area contributed by atoms with Crippen LogP contribution in [0.25, 0.3) is 0 Å². The van der Waals surface area contributed by atoms with Gasteiger partial charge in [-0.2, -0.15) is 0 Å². The van der Waals surface area contributed by atoms with Crippen LogP contribution in [-0.4, -0.2) is 27.5 Å². The highest BCUT2D eigenvalue weighted by molar-refractivity contribution is 7.89. The summed E-state index contributed by atoms with van der Waals surface area (Å²) in [6.07, 6.45) is 0.964. The van der Waals surface area contributed by atoms with E-state index in [1.807, 2.05) is 26.0 Å². The predicted octanol–water partition coefficient (Wildman–Crippen LogP) is 2.16. The molecule has 20 heavy (non-hydrogen) atoms. The molecule has 0 aliphatic heterocycles. The summed E-state index contributed by atoms with van der Waals surface area (Å²) in [5.74, 6) is 0.566. The first kappa shape index (κ1) is 17.1. The second-order valence-corrected chi connectivity index (χ2v) is 7.32. The quantitative estimate of drug-likeness (QED) is 0.773. The number of nitrogens with one attached hydrogen (secondary N) is 2. The molecule has 1 aromatic rings. The Hall–Kier alpha value is -0.910. The fourth-order valence-electron chi connectivity index (χ4n) is 2.01. The van der Waals surface area contributed by atoms with Gasteiger partial charge in [-0.25, -0.2) is 13.1 Å². The van der Waals surface area contributed by atoms with Gasteiger partial charge >= 0.3 is 0 Å². The molecule has 0 aliphatic carbocycles. The molecule has 0 saturated heterocycles. The van der Waals surface area contributed by atoms with Crippen LogP contribution in [0.3, 0.4) is 0 Å². The molecule has 1 aromatic carbocycles. The third-order valence-corrected chi connectivity index (χ3v) is 4.45. The van der Waals surface area contributed by atoms with Crippen LogP contribution in [0.2, 0.25) is 0 Å². The first-order valence-electron chi connectivity index (χ1n) is 7.17. The highest BCUT2D eigenvalue weighted by Gasteiger charge is 2.14. The van der Waals surface area contributed by atoms with E-state index < -0.39 is 10.0 Å². The predicted molar refractivity (Wildman–Crippen MR) is 83.3 cm³/mol. The average Bonchev–Trinajstić information content (AvgIpc) is 2.37. The minimum absolute atomic E-state index is 0.120. The van der Waals surface area contributed by atoms with Crippen molar-refractivity contribution in [3.63, 3.8) is 0 Å². The summed E-state index contributed by atoms with van der Waals surface area (Å²) in [6.45, 7) is 9.47. The normalized spacial score (nSPS) is 13.7. The zero-order valence-corrected chi connectivity index (χ0v) is 13.6. The Labute approximate surface area is 123 Å². The Bertz CT molecular complexity index is 495. The lowest BCUT2D eigenvalue weighted by molar-refractivity contribution is 0.536. The van der Waals surface area contributed by atoms with Gasteiger partial charge in [0.2, 0.25) is 10.0 Å². The van der Waals surface area contributed by atoms with E-state index in [0.717, 1.165) is 13.0 Å². The molecular weight excluding hydrogens is 272 g/mol. The second-order valence-electron chi connectivity index (χ2n) is 5.55. The van der Waals surface area contributed by atoms with Gasteiger partial charge in [0.15, 0.2) is 0 Å². The third kappa shape index (κ3) is 5.61. The third-order valence-electron chi connectivity index (χ3n) is 3.01. The van der Waals surface area contributed by atoms with Crippen LogP contribution < -0.4 is 10.0 Å². The van der Waals surface area contributed by atoms with E-state index in [4.69, 9.17) is 0 Å². The topological polar surface area (TPSA) is 58.2 Å². The van der Waals surface area contributed by atoms with E-state index in [0.29, 0.717) is 17.4 Å². The Kier molecular flexibility index (Phi) is 6.65. The molecule has 0 radical (unpaired) electrons. The van der Waals surface area contributed by atoms with Crippen molar-refractivity contribution in [2.24, 2.45) is 5.92 Å². The van der Waals surface area contributed by atoms with Gasteiger partial charge in [-0.05, 0) is 43.5 Å². The molecule has 0 aliphatic rings. The van der Waals surface area contributed by atoms with E-state index in [-0.39, 0.29) is 6.04 Å².